The number of hydrogen-bond donors (Lipinski definition) is 4. The summed E-state index contributed by atoms with van der Waals surface area (Å²) in [4.78, 5) is 41.5. The number of piperidine rings is 1. The third kappa shape index (κ3) is 5.07. The number of hydroxylamine groups is 1. The van der Waals surface area contributed by atoms with E-state index in [1.807, 2.05) is 42.5 Å². The van der Waals surface area contributed by atoms with Crippen LogP contribution in [0.25, 0.3) is 10.9 Å². The molecule has 0 spiro atoms. The average molecular weight is 464 g/mol. The molecule has 1 aromatic heterocycles. The van der Waals surface area contributed by atoms with Gasteiger partial charge in [0.15, 0.2) is 0 Å². The molecular weight excluding hydrogens is 440 g/mol. The van der Waals surface area contributed by atoms with E-state index < -0.39 is 29.7 Å². The zero-order chi connectivity index (χ0) is 24.1. The molecular formula is C24H24N4O6. The molecule has 2 atom stereocenters. The minimum Gasteiger partial charge on any atom is -0.488 e. The van der Waals surface area contributed by atoms with Crippen LogP contribution in [0.1, 0.15) is 12.0 Å². The molecule has 176 valence electrons. The largest absolute Gasteiger partial charge is 0.488 e. The molecule has 1 fully saturated rings. The van der Waals surface area contributed by atoms with E-state index in [-0.39, 0.29) is 19.5 Å². The Morgan fingerprint density at radius 2 is 1.79 bits per heavy atom. The van der Waals surface area contributed by atoms with Crippen LogP contribution in [0.2, 0.25) is 0 Å². The molecule has 0 aliphatic carbocycles. The van der Waals surface area contributed by atoms with Crippen molar-refractivity contribution in [3.63, 3.8) is 0 Å². The zero-order valence-corrected chi connectivity index (χ0v) is 18.2. The van der Waals surface area contributed by atoms with Gasteiger partial charge in [-0.15, -0.1) is 0 Å². The maximum atomic E-state index is 12.8. The summed E-state index contributed by atoms with van der Waals surface area (Å²) in [7, 11) is 0. The number of fused-ring (bicyclic) bond motifs is 1. The van der Waals surface area contributed by atoms with Gasteiger partial charge in [0.25, 0.3) is 0 Å². The Bertz CT molecular complexity index is 1190. The van der Waals surface area contributed by atoms with Crippen LogP contribution < -0.4 is 15.5 Å². The fraction of sp³-hybridized carbons (Fsp3) is 0.250. The lowest BCUT2D eigenvalue weighted by molar-refractivity contribution is -0.141. The second-order valence-electron chi connectivity index (χ2n) is 8.01. The SMILES string of the molecule is O=C(NO)C1CN(C(=O)O)CCC1C(=O)Nc1ccc(COc2ccnc3ccccc23)cc1. The zero-order valence-electron chi connectivity index (χ0n) is 18.2. The van der Waals surface area contributed by atoms with Crippen LogP contribution in [0.15, 0.2) is 60.8 Å². The number of ether oxygens (including phenoxy) is 1. The standard InChI is InChI=1S/C24H24N4O6/c29-22(17-10-12-28(24(31)32)13-19(17)23(30)27-33)26-16-7-5-15(6-8-16)14-34-21-9-11-25-20-4-2-1-3-18(20)21/h1-9,11,17,19,33H,10,12-14H2,(H,26,29)(H,27,30)(H,31,32). The number of likely N-dealkylation sites (tertiary alicyclic amines) is 1. The molecule has 10 heteroatoms. The van der Waals surface area contributed by atoms with Gasteiger partial charge >= 0.3 is 6.09 Å². The first kappa shape index (κ1) is 23.0. The van der Waals surface area contributed by atoms with Crippen molar-refractivity contribution < 1.29 is 29.4 Å². The minimum absolute atomic E-state index is 0.128. The van der Waals surface area contributed by atoms with Gasteiger partial charge in [-0.3, -0.25) is 19.8 Å². The predicted molar refractivity (Wildman–Crippen MR) is 122 cm³/mol. The number of benzene rings is 2. The summed E-state index contributed by atoms with van der Waals surface area (Å²) in [6, 6.07) is 16.6. The van der Waals surface area contributed by atoms with Crippen LogP contribution in [0.3, 0.4) is 0 Å². The van der Waals surface area contributed by atoms with Crippen molar-refractivity contribution in [2.45, 2.75) is 13.0 Å². The second-order valence-corrected chi connectivity index (χ2v) is 8.01. The molecule has 3 aromatic rings. The number of para-hydroxylation sites is 1. The Kier molecular flexibility index (Phi) is 6.88. The van der Waals surface area contributed by atoms with Crippen LogP contribution in [-0.4, -0.2) is 51.2 Å². The second kappa shape index (κ2) is 10.2. The highest BCUT2D eigenvalue weighted by Crippen LogP contribution is 2.27. The van der Waals surface area contributed by atoms with E-state index >= 15 is 0 Å². The number of nitrogens with one attached hydrogen (secondary N) is 2. The Morgan fingerprint density at radius 1 is 1.03 bits per heavy atom. The quantitative estimate of drug-likeness (QED) is 0.325. The van der Waals surface area contributed by atoms with Gasteiger partial charge in [-0.05, 0) is 42.3 Å². The van der Waals surface area contributed by atoms with E-state index in [1.165, 1.54) is 5.48 Å². The van der Waals surface area contributed by atoms with E-state index in [2.05, 4.69) is 10.3 Å². The first-order chi connectivity index (χ1) is 16.5. The molecule has 34 heavy (non-hydrogen) atoms. The summed E-state index contributed by atoms with van der Waals surface area (Å²) in [5.41, 5.74) is 3.81. The number of carboxylic acid groups (broad SMARTS) is 1. The van der Waals surface area contributed by atoms with Gasteiger partial charge in [-0.1, -0.05) is 24.3 Å². The number of anilines is 1. The molecule has 2 aromatic carbocycles. The number of nitrogens with zero attached hydrogens (tertiary/aromatic N) is 2. The molecule has 3 amide bonds. The smallest absolute Gasteiger partial charge is 0.407 e. The van der Waals surface area contributed by atoms with Crippen molar-refractivity contribution in [1.82, 2.24) is 15.4 Å². The molecule has 2 unspecified atom stereocenters. The first-order valence-electron chi connectivity index (χ1n) is 10.7. The van der Waals surface area contributed by atoms with Crippen molar-refractivity contribution in [2.75, 3.05) is 18.4 Å². The van der Waals surface area contributed by atoms with Crippen molar-refractivity contribution in [3.8, 4) is 5.75 Å². The molecule has 1 saturated heterocycles. The summed E-state index contributed by atoms with van der Waals surface area (Å²) in [6.45, 7) is 0.289. The monoisotopic (exact) mass is 464 g/mol. The molecule has 0 bridgehead atoms. The van der Waals surface area contributed by atoms with Crippen LogP contribution in [0.5, 0.6) is 5.75 Å². The van der Waals surface area contributed by atoms with Crippen LogP contribution >= 0.6 is 0 Å². The van der Waals surface area contributed by atoms with Gasteiger partial charge in [0.2, 0.25) is 11.8 Å². The van der Waals surface area contributed by atoms with E-state index in [0.717, 1.165) is 27.1 Å². The van der Waals surface area contributed by atoms with E-state index in [9.17, 15) is 19.5 Å². The highest BCUT2D eigenvalue weighted by atomic mass is 16.5. The maximum absolute atomic E-state index is 12.8. The first-order valence-corrected chi connectivity index (χ1v) is 10.7. The molecule has 0 saturated carbocycles. The number of carbonyl (C=O) groups excluding carboxylic acids is 2. The van der Waals surface area contributed by atoms with E-state index in [1.54, 1.807) is 18.3 Å². The molecule has 1 aliphatic heterocycles. The Balaban J connectivity index is 1.38. The summed E-state index contributed by atoms with van der Waals surface area (Å²) in [6.07, 6.45) is 0.691. The highest BCUT2D eigenvalue weighted by molar-refractivity contribution is 5.96. The van der Waals surface area contributed by atoms with Gasteiger partial charge in [0.05, 0.1) is 17.4 Å². The lowest BCUT2D eigenvalue weighted by Gasteiger charge is -2.35. The van der Waals surface area contributed by atoms with Gasteiger partial charge in [0.1, 0.15) is 12.4 Å². The summed E-state index contributed by atoms with van der Waals surface area (Å²) >= 11 is 0. The van der Waals surface area contributed by atoms with E-state index in [4.69, 9.17) is 9.94 Å². The fourth-order valence-electron chi connectivity index (χ4n) is 4.06. The van der Waals surface area contributed by atoms with Crippen molar-refractivity contribution >= 4 is 34.5 Å². The summed E-state index contributed by atoms with van der Waals surface area (Å²) in [5, 5.41) is 21.9. The summed E-state index contributed by atoms with van der Waals surface area (Å²) < 4.78 is 5.96. The highest BCUT2D eigenvalue weighted by Gasteiger charge is 2.40. The van der Waals surface area contributed by atoms with Gasteiger partial charge in [-0.2, -0.15) is 0 Å². The Hall–Kier alpha value is -4.18. The molecule has 2 heterocycles. The van der Waals surface area contributed by atoms with Gasteiger partial charge in [-0.25, -0.2) is 10.3 Å². The number of carbonyl (C=O) groups is 3. The van der Waals surface area contributed by atoms with Crippen LogP contribution in [-0.2, 0) is 16.2 Å². The topological polar surface area (TPSA) is 141 Å². The lowest BCUT2D eigenvalue weighted by Crippen LogP contribution is -2.51. The number of rotatable bonds is 6. The third-order valence-electron chi connectivity index (χ3n) is 5.89. The molecule has 0 radical (unpaired) electrons. The fourth-order valence-corrected chi connectivity index (χ4v) is 4.06. The summed E-state index contributed by atoms with van der Waals surface area (Å²) in [5.74, 6) is -2.24. The normalized spacial score (nSPS) is 17.7. The molecule has 4 N–H and O–H groups in total. The van der Waals surface area contributed by atoms with Gasteiger partial charge < -0.3 is 20.1 Å². The molecule has 4 rings (SSSR count). The number of hydrogen-bond acceptors (Lipinski definition) is 6. The van der Waals surface area contributed by atoms with Crippen LogP contribution in [0.4, 0.5) is 10.5 Å². The van der Waals surface area contributed by atoms with Crippen molar-refractivity contribution in [2.24, 2.45) is 11.8 Å². The molecule has 1 aliphatic rings. The lowest BCUT2D eigenvalue weighted by atomic mass is 9.84. The minimum atomic E-state index is -1.17. The van der Waals surface area contributed by atoms with E-state index in [0.29, 0.717) is 12.3 Å². The average Bonchev–Trinajstić information content (AvgIpc) is 2.87. The number of aromatic nitrogens is 1. The van der Waals surface area contributed by atoms with Crippen LogP contribution in [0, 0.1) is 11.8 Å². The molecule has 10 nitrogen and oxygen atoms in total. The number of pyridine rings is 1. The Morgan fingerprint density at radius 3 is 2.53 bits per heavy atom. The number of amides is 3. The van der Waals surface area contributed by atoms with Crippen molar-refractivity contribution in [1.29, 1.82) is 0 Å². The predicted octanol–water partition coefficient (Wildman–Crippen LogP) is 2.87. The Labute approximate surface area is 195 Å². The maximum Gasteiger partial charge on any atom is 0.407 e. The van der Waals surface area contributed by atoms with Crippen molar-refractivity contribution in [3.05, 3.63) is 66.4 Å². The third-order valence-corrected chi connectivity index (χ3v) is 5.89. The van der Waals surface area contributed by atoms with Gasteiger partial charge in [0, 0.05) is 30.4 Å².